The second kappa shape index (κ2) is 13.4. The van der Waals surface area contributed by atoms with Gasteiger partial charge in [-0.1, -0.05) is 30.7 Å². The van der Waals surface area contributed by atoms with Crippen LogP contribution >= 0.6 is 11.6 Å². The maximum absolute atomic E-state index is 14.2. The molecule has 2 aromatic rings. The van der Waals surface area contributed by atoms with Gasteiger partial charge in [0.05, 0.1) is 16.7 Å². The first kappa shape index (κ1) is 33.0. The van der Waals surface area contributed by atoms with E-state index in [1.807, 2.05) is 12.1 Å². The molecule has 0 aliphatic carbocycles. The molecule has 236 valence electrons. The van der Waals surface area contributed by atoms with E-state index in [0.29, 0.717) is 48.2 Å². The molecule has 2 fully saturated rings. The number of carbonyl (C=O) groups excluding carboxylic acids is 2. The largest absolute Gasteiger partial charge is 0.491 e. The van der Waals surface area contributed by atoms with E-state index in [-0.39, 0.29) is 23.0 Å². The van der Waals surface area contributed by atoms with Gasteiger partial charge in [0.25, 0.3) is 5.91 Å². The number of benzene rings is 2. The van der Waals surface area contributed by atoms with Crippen LogP contribution in [0, 0.1) is 11.3 Å². The minimum absolute atomic E-state index is 0.0279. The highest BCUT2D eigenvalue weighted by atomic mass is 35.5. The number of alkyl halides is 3. The maximum atomic E-state index is 14.2. The Morgan fingerprint density at radius 1 is 1.05 bits per heavy atom. The van der Waals surface area contributed by atoms with Gasteiger partial charge in [0, 0.05) is 46.0 Å². The Bertz CT molecular complexity index is 1280. The fourth-order valence-electron chi connectivity index (χ4n) is 6.37. The van der Waals surface area contributed by atoms with Gasteiger partial charge < -0.3 is 19.4 Å². The van der Waals surface area contributed by atoms with Gasteiger partial charge in [0.1, 0.15) is 5.75 Å². The van der Waals surface area contributed by atoms with Crippen molar-refractivity contribution in [1.29, 1.82) is 0 Å². The minimum atomic E-state index is -4.70. The Labute approximate surface area is 258 Å². The molecule has 6 nitrogen and oxygen atoms in total. The summed E-state index contributed by atoms with van der Waals surface area (Å²) in [5.41, 5.74) is 1.37. The van der Waals surface area contributed by atoms with E-state index in [0.717, 1.165) is 38.0 Å². The second-order valence-electron chi connectivity index (χ2n) is 12.8. The number of hydrogen-bond acceptors (Lipinski definition) is 4. The third-order valence-electron chi connectivity index (χ3n) is 8.77. The first-order valence-corrected chi connectivity index (χ1v) is 15.4. The number of likely N-dealkylation sites (tertiary alicyclic amines) is 1. The maximum Gasteiger partial charge on any atom is 0.404 e. The number of amides is 2. The Balaban J connectivity index is 1.33. The number of ether oxygens (including phenoxy) is 1. The highest BCUT2D eigenvalue weighted by Gasteiger charge is 2.48. The molecule has 0 N–H and O–H groups in total. The van der Waals surface area contributed by atoms with Crippen LogP contribution in [0.2, 0.25) is 5.02 Å². The van der Waals surface area contributed by atoms with E-state index >= 15 is 0 Å². The zero-order valence-electron chi connectivity index (χ0n) is 25.7. The van der Waals surface area contributed by atoms with Crippen molar-refractivity contribution in [3.8, 4) is 5.75 Å². The van der Waals surface area contributed by atoms with E-state index in [2.05, 4.69) is 11.8 Å². The normalized spacial score (nSPS) is 18.5. The van der Waals surface area contributed by atoms with Gasteiger partial charge >= 0.3 is 6.18 Å². The summed E-state index contributed by atoms with van der Waals surface area (Å²) in [6.45, 7) is 8.19. The summed E-state index contributed by atoms with van der Waals surface area (Å²) in [7, 11) is 3.39. The van der Waals surface area contributed by atoms with Gasteiger partial charge in [-0.05, 0) is 93.2 Å². The molecule has 0 spiro atoms. The smallest absolute Gasteiger partial charge is 0.404 e. The quantitative estimate of drug-likeness (QED) is 0.308. The molecule has 43 heavy (non-hydrogen) atoms. The van der Waals surface area contributed by atoms with Gasteiger partial charge in [-0.3, -0.25) is 9.59 Å². The van der Waals surface area contributed by atoms with Crippen molar-refractivity contribution in [2.45, 2.75) is 71.1 Å². The fraction of sp³-hybridized carbons (Fsp3) is 0.576. The molecule has 2 aliphatic rings. The lowest BCUT2D eigenvalue weighted by Gasteiger charge is -2.44. The molecule has 0 saturated carbocycles. The molecule has 10 heteroatoms. The zero-order valence-corrected chi connectivity index (χ0v) is 26.5. The standard InChI is InChI=1S/C33H43ClF3N3O3/c1-22(2)43-26-8-6-7-24(19-26)29(33(35,36)37)31(42)40-17-13-32(3,14-18-40)21-23-11-15-39(16-12-23)25-9-10-27(28(34)20-25)30(41)38(4)5/h6-10,19-20,22-23,29H,11-18,21H2,1-5H3/t29-/m0/s1. The van der Waals surface area contributed by atoms with Gasteiger partial charge in [-0.2, -0.15) is 13.2 Å². The number of rotatable bonds is 8. The molecule has 2 heterocycles. The van der Waals surface area contributed by atoms with Crippen molar-refractivity contribution in [2.24, 2.45) is 11.3 Å². The van der Waals surface area contributed by atoms with Crippen LogP contribution in [-0.4, -0.2) is 74.2 Å². The van der Waals surface area contributed by atoms with Crippen LogP contribution in [0.15, 0.2) is 42.5 Å². The summed E-state index contributed by atoms with van der Waals surface area (Å²) in [5, 5.41) is 0.441. The summed E-state index contributed by atoms with van der Waals surface area (Å²) in [5.74, 6) is -2.40. The highest BCUT2D eigenvalue weighted by Crippen LogP contribution is 2.43. The van der Waals surface area contributed by atoms with Crippen LogP contribution < -0.4 is 9.64 Å². The third kappa shape index (κ3) is 8.16. The van der Waals surface area contributed by atoms with Crippen LogP contribution in [-0.2, 0) is 4.79 Å². The molecule has 2 aliphatic heterocycles. The van der Waals surface area contributed by atoms with Crippen LogP contribution in [0.5, 0.6) is 5.75 Å². The molecule has 0 aromatic heterocycles. The Morgan fingerprint density at radius 3 is 2.26 bits per heavy atom. The van der Waals surface area contributed by atoms with E-state index in [1.165, 1.54) is 28.0 Å². The number of nitrogens with zero attached hydrogens (tertiary/aromatic N) is 3. The van der Waals surface area contributed by atoms with Crippen molar-refractivity contribution in [1.82, 2.24) is 9.80 Å². The van der Waals surface area contributed by atoms with Crippen molar-refractivity contribution in [2.75, 3.05) is 45.2 Å². The Hall–Kier alpha value is -2.94. The topological polar surface area (TPSA) is 53.1 Å². The minimum Gasteiger partial charge on any atom is -0.491 e. The Kier molecular flexibility index (Phi) is 10.2. The second-order valence-corrected chi connectivity index (χ2v) is 13.3. The number of piperidine rings is 2. The molecule has 0 unspecified atom stereocenters. The molecular weight excluding hydrogens is 579 g/mol. The summed E-state index contributed by atoms with van der Waals surface area (Å²) in [6.07, 6.45) is -0.550. The first-order chi connectivity index (χ1) is 20.2. The van der Waals surface area contributed by atoms with Crippen molar-refractivity contribution < 1.29 is 27.5 Å². The van der Waals surface area contributed by atoms with Crippen molar-refractivity contribution in [3.05, 3.63) is 58.6 Å². The monoisotopic (exact) mass is 621 g/mol. The van der Waals surface area contributed by atoms with Gasteiger partial charge in [0.2, 0.25) is 5.91 Å². The van der Waals surface area contributed by atoms with Crippen LogP contribution in [0.3, 0.4) is 0 Å². The average Bonchev–Trinajstić information content (AvgIpc) is 2.92. The molecule has 1 atom stereocenters. The molecule has 0 bridgehead atoms. The van der Waals surface area contributed by atoms with Gasteiger partial charge in [-0.15, -0.1) is 0 Å². The van der Waals surface area contributed by atoms with Crippen molar-refractivity contribution >= 4 is 29.1 Å². The number of halogens is 4. The molecular formula is C33H43ClF3N3O3. The summed E-state index contributed by atoms with van der Waals surface area (Å²) >= 11 is 6.43. The molecule has 2 aromatic carbocycles. The van der Waals surface area contributed by atoms with Crippen LogP contribution in [0.25, 0.3) is 0 Å². The van der Waals surface area contributed by atoms with Gasteiger partial charge in [-0.25, -0.2) is 0 Å². The lowest BCUT2D eigenvalue weighted by molar-refractivity contribution is -0.173. The van der Waals surface area contributed by atoms with Crippen LogP contribution in [0.4, 0.5) is 18.9 Å². The zero-order chi connectivity index (χ0) is 31.5. The lowest BCUT2D eigenvalue weighted by Crippen LogP contribution is -2.47. The number of carbonyl (C=O) groups is 2. The predicted octanol–water partition coefficient (Wildman–Crippen LogP) is 7.41. The van der Waals surface area contributed by atoms with E-state index < -0.39 is 18.0 Å². The van der Waals surface area contributed by atoms with Crippen LogP contribution in [0.1, 0.15) is 74.7 Å². The molecule has 2 saturated heterocycles. The predicted molar refractivity (Wildman–Crippen MR) is 164 cm³/mol. The highest BCUT2D eigenvalue weighted by molar-refractivity contribution is 6.34. The number of anilines is 1. The number of hydrogen-bond donors (Lipinski definition) is 0. The molecule has 0 radical (unpaired) electrons. The van der Waals surface area contributed by atoms with Crippen molar-refractivity contribution in [3.63, 3.8) is 0 Å². The third-order valence-corrected chi connectivity index (χ3v) is 9.08. The van der Waals surface area contributed by atoms with E-state index in [4.69, 9.17) is 16.3 Å². The first-order valence-electron chi connectivity index (χ1n) is 15.0. The Morgan fingerprint density at radius 2 is 1.70 bits per heavy atom. The lowest BCUT2D eigenvalue weighted by atomic mass is 9.71. The molecule has 2 amide bonds. The summed E-state index contributed by atoms with van der Waals surface area (Å²) < 4.78 is 48.2. The average molecular weight is 622 g/mol. The summed E-state index contributed by atoms with van der Waals surface area (Å²) in [4.78, 5) is 30.8. The SMILES string of the molecule is CC(C)Oc1cccc([C@@H](C(=O)N2CCC(C)(CC3CCN(c4ccc(C(=O)N(C)C)c(Cl)c4)CC3)CC2)C(F)(F)F)c1. The fourth-order valence-corrected chi connectivity index (χ4v) is 6.63. The summed E-state index contributed by atoms with van der Waals surface area (Å²) in [6, 6.07) is 11.4. The van der Waals surface area contributed by atoms with Gasteiger partial charge in [0.15, 0.2) is 5.92 Å². The van der Waals surface area contributed by atoms with E-state index in [1.54, 1.807) is 40.1 Å². The molecule has 4 rings (SSSR count). The van der Waals surface area contributed by atoms with E-state index in [9.17, 15) is 22.8 Å².